The van der Waals surface area contributed by atoms with Crippen molar-refractivity contribution in [2.45, 2.75) is 37.1 Å². The third kappa shape index (κ3) is 3.37. The van der Waals surface area contributed by atoms with Crippen LogP contribution in [0.2, 0.25) is 0 Å². The molecule has 5 nitrogen and oxygen atoms in total. The lowest BCUT2D eigenvalue weighted by Gasteiger charge is -2.13. The number of benzene rings is 1. The number of sulfone groups is 1. The maximum atomic E-state index is 12.2. The van der Waals surface area contributed by atoms with Gasteiger partial charge >= 0.3 is 0 Å². The lowest BCUT2D eigenvalue weighted by Crippen LogP contribution is -2.23. The zero-order valence-electron chi connectivity index (χ0n) is 11.7. The van der Waals surface area contributed by atoms with Crippen molar-refractivity contribution >= 4 is 21.4 Å². The van der Waals surface area contributed by atoms with E-state index in [0.717, 1.165) is 24.7 Å². The number of anilines is 1. The minimum Gasteiger partial charge on any atom is -0.328 e. The summed E-state index contributed by atoms with van der Waals surface area (Å²) in [6.07, 6.45) is 3.49. The molecule has 1 amide bonds. The Morgan fingerprint density at radius 1 is 1.35 bits per heavy atom. The van der Waals surface area contributed by atoms with Crippen LogP contribution in [0.3, 0.4) is 0 Å². The third-order valence-electron chi connectivity index (χ3n) is 3.74. The molecule has 20 heavy (non-hydrogen) atoms. The van der Waals surface area contributed by atoms with Crippen molar-refractivity contribution in [3.8, 4) is 0 Å². The van der Waals surface area contributed by atoms with E-state index in [2.05, 4.69) is 5.32 Å². The van der Waals surface area contributed by atoms with E-state index in [9.17, 15) is 13.2 Å². The number of hydrogen-bond acceptors (Lipinski definition) is 4. The van der Waals surface area contributed by atoms with Crippen LogP contribution in [0.25, 0.3) is 0 Å². The topological polar surface area (TPSA) is 89.3 Å². The highest BCUT2D eigenvalue weighted by Gasteiger charge is 2.28. The Morgan fingerprint density at radius 2 is 2.05 bits per heavy atom. The van der Waals surface area contributed by atoms with Crippen molar-refractivity contribution in [1.82, 2.24) is 0 Å². The van der Waals surface area contributed by atoms with Gasteiger partial charge in [0.25, 0.3) is 0 Å². The van der Waals surface area contributed by atoms with Gasteiger partial charge in [0.05, 0.1) is 4.90 Å². The van der Waals surface area contributed by atoms with Crippen LogP contribution in [-0.2, 0) is 14.6 Å². The third-order valence-corrected chi connectivity index (χ3v) is 4.85. The highest BCUT2D eigenvalue weighted by Crippen LogP contribution is 2.27. The first-order valence-corrected chi connectivity index (χ1v) is 8.53. The van der Waals surface area contributed by atoms with Crippen LogP contribution >= 0.6 is 0 Å². The van der Waals surface area contributed by atoms with Crippen LogP contribution < -0.4 is 11.1 Å². The fourth-order valence-corrected chi connectivity index (χ4v) is 3.10. The molecule has 0 bridgehead atoms. The molecular weight excluding hydrogens is 276 g/mol. The minimum absolute atomic E-state index is 0.0771. The lowest BCUT2D eigenvalue weighted by molar-refractivity contribution is -0.119. The molecule has 6 heteroatoms. The second-order valence-electron chi connectivity index (χ2n) is 5.51. The zero-order valence-corrected chi connectivity index (χ0v) is 12.5. The number of rotatable bonds is 3. The number of hydrogen-bond donors (Lipinski definition) is 2. The number of carbonyl (C=O) groups is 1. The Labute approximate surface area is 119 Å². The molecule has 1 aliphatic carbocycles. The predicted octanol–water partition coefficient (Wildman–Crippen LogP) is 1.46. The van der Waals surface area contributed by atoms with Crippen LogP contribution in [0.4, 0.5) is 5.69 Å². The molecule has 2 unspecified atom stereocenters. The highest BCUT2D eigenvalue weighted by molar-refractivity contribution is 7.90. The van der Waals surface area contributed by atoms with Gasteiger partial charge < -0.3 is 11.1 Å². The number of nitrogens with one attached hydrogen (secondary N) is 1. The van der Waals surface area contributed by atoms with E-state index < -0.39 is 9.84 Å². The molecule has 1 aromatic rings. The van der Waals surface area contributed by atoms with Gasteiger partial charge in [0, 0.05) is 23.9 Å². The summed E-state index contributed by atoms with van der Waals surface area (Å²) in [6.45, 7) is 1.84. The summed E-state index contributed by atoms with van der Waals surface area (Å²) < 4.78 is 23.1. The van der Waals surface area contributed by atoms with Gasteiger partial charge in [0.2, 0.25) is 5.91 Å². The maximum Gasteiger partial charge on any atom is 0.227 e. The molecule has 1 aliphatic rings. The van der Waals surface area contributed by atoms with E-state index >= 15 is 0 Å². The van der Waals surface area contributed by atoms with Crippen molar-refractivity contribution in [1.29, 1.82) is 0 Å². The molecule has 1 saturated carbocycles. The summed E-state index contributed by atoms with van der Waals surface area (Å²) in [7, 11) is -3.28. The van der Waals surface area contributed by atoms with Crippen LogP contribution in [0.15, 0.2) is 23.1 Å². The van der Waals surface area contributed by atoms with Crippen molar-refractivity contribution in [2.24, 2.45) is 11.7 Å². The van der Waals surface area contributed by atoms with Crippen LogP contribution in [0.1, 0.15) is 24.8 Å². The molecule has 0 aliphatic heterocycles. The van der Waals surface area contributed by atoms with Gasteiger partial charge in [0.1, 0.15) is 0 Å². The van der Waals surface area contributed by atoms with Gasteiger partial charge in [-0.05, 0) is 43.9 Å². The quantitative estimate of drug-likeness (QED) is 0.883. The Hall–Kier alpha value is -1.40. The minimum atomic E-state index is -3.28. The van der Waals surface area contributed by atoms with Gasteiger partial charge in [-0.25, -0.2) is 8.42 Å². The number of aryl methyl sites for hydroxylation is 1. The largest absolute Gasteiger partial charge is 0.328 e. The first-order valence-electron chi connectivity index (χ1n) is 6.64. The van der Waals surface area contributed by atoms with E-state index in [4.69, 9.17) is 5.73 Å². The molecule has 0 heterocycles. The Kier molecular flexibility index (Phi) is 4.15. The molecule has 0 saturated heterocycles. The molecule has 3 N–H and O–H groups in total. The average Bonchev–Trinajstić information content (AvgIpc) is 2.77. The Balaban J connectivity index is 2.18. The molecule has 110 valence electrons. The zero-order chi connectivity index (χ0) is 14.9. The molecule has 0 spiro atoms. The molecular formula is C14H20N2O3S. The average molecular weight is 296 g/mol. The SMILES string of the molecule is Cc1ccc(S(C)(=O)=O)cc1NC(=O)C1CCC(N)C1. The second-order valence-corrected chi connectivity index (χ2v) is 7.52. The van der Waals surface area contributed by atoms with E-state index in [0.29, 0.717) is 12.1 Å². The van der Waals surface area contributed by atoms with Crippen LogP contribution in [-0.4, -0.2) is 26.6 Å². The molecule has 2 rings (SSSR count). The Morgan fingerprint density at radius 3 is 2.60 bits per heavy atom. The van der Waals surface area contributed by atoms with Crippen molar-refractivity contribution < 1.29 is 13.2 Å². The number of carbonyl (C=O) groups excluding carboxylic acids is 1. The smallest absolute Gasteiger partial charge is 0.227 e. The predicted molar refractivity (Wildman–Crippen MR) is 78.2 cm³/mol. The summed E-state index contributed by atoms with van der Waals surface area (Å²) in [5.41, 5.74) is 7.20. The highest BCUT2D eigenvalue weighted by atomic mass is 32.2. The van der Waals surface area contributed by atoms with E-state index in [1.54, 1.807) is 12.1 Å². The fraction of sp³-hybridized carbons (Fsp3) is 0.500. The van der Waals surface area contributed by atoms with Crippen molar-refractivity contribution in [3.05, 3.63) is 23.8 Å². The Bertz CT molecular complexity index is 625. The van der Waals surface area contributed by atoms with Crippen LogP contribution in [0, 0.1) is 12.8 Å². The first-order chi connectivity index (χ1) is 9.27. The van der Waals surface area contributed by atoms with Gasteiger partial charge in [-0.2, -0.15) is 0 Å². The summed E-state index contributed by atoms with van der Waals surface area (Å²) in [5.74, 6) is -0.155. The summed E-state index contributed by atoms with van der Waals surface area (Å²) in [6, 6.07) is 4.85. The fourth-order valence-electron chi connectivity index (χ4n) is 2.46. The molecule has 1 aromatic carbocycles. The van der Waals surface area contributed by atoms with E-state index in [1.807, 2.05) is 6.92 Å². The van der Waals surface area contributed by atoms with Gasteiger partial charge in [-0.1, -0.05) is 6.07 Å². The summed E-state index contributed by atoms with van der Waals surface area (Å²) >= 11 is 0. The molecule has 1 fully saturated rings. The molecule has 0 radical (unpaired) electrons. The lowest BCUT2D eigenvalue weighted by atomic mass is 10.1. The normalized spacial score (nSPS) is 22.8. The van der Waals surface area contributed by atoms with Gasteiger partial charge in [0.15, 0.2) is 9.84 Å². The standard InChI is InChI=1S/C14H20N2O3S/c1-9-3-6-12(20(2,18)19)8-13(9)16-14(17)10-4-5-11(15)7-10/h3,6,8,10-11H,4-5,7,15H2,1-2H3,(H,16,17). The first kappa shape index (κ1) is 15.0. The van der Waals surface area contributed by atoms with E-state index in [1.165, 1.54) is 6.07 Å². The van der Waals surface area contributed by atoms with Crippen molar-refractivity contribution in [3.63, 3.8) is 0 Å². The summed E-state index contributed by atoms with van der Waals surface area (Å²) in [5, 5.41) is 2.83. The van der Waals surface area contributed by atoms with Gasteiger partial charge in [-0.15, -0.1) is 0 Å². The van der Waals surface area contributed by atoms with E-state index in [-0.39, 0.29) is 22.8 Å². The summed E-state index contributed by atoms with van der Waals surface area (Å²) in [4.78, 5) is 12.4. The maximum absolute atomic E-state index is 12.2. The van der Waals surface area contributed by atoms with Gasteiger partial charge in [-0.3, -0.25) is 4.79 Å². The molecule has 2 atom stereocenters. The van der Waals surface area contributed by atoms with Crippen LogP contribution in [0.5, 0.6) is 0 Å². The van der Waals surface area contributed by atoms with Crippen molar-refractivity contribution in [2.75, 3.05) is 11.6 Å². The number of amides is 1. The monoisotopic (exact) mass is 296 g/mol. The second kappa shape index (κ2) is 5.54. The number of nitrogens with two attached hydrogens (primary N) is 1. The molecule has 0 aromatic heterocycles.